The minimum atomic E-state index is 0.950. The van der Waals surface area contributed by atoms with E-state index in [0.29, 0.717) is 0 Å². The van der Waals surface area contributed by atoms with Crippen molar-refractivity contribution >= 4 is 50.5 Å². The lowest BCUT2D eigenvalue weighted by Gasteiger charge is -2.26. The fourth-order valence-corrected chi connectivity index (χ4v) is 6.46. The van der Waals surface area contributed by atoms with Crippen LogP contribution in [0.1, 0.15) is 36.1 Å². The third-order valence-electron chi connectivity index (χ3n) is 8.52. The molecule has 0 saturated carbocycles. The predicted octanol–water partition coefficient (Wildman–Crippen LogP) is 11.4. The Morgan fingerprint density at radius 1 is 0.595 bits per heavy atom. The van der Waals surface area contributed by atoms with Gasteiger partial charge in [-0.05, 0) is 89.2 Å². The number of aryl methyl sites for hydroxylation is 1. The lowest BCUT2D eigenvalue weighted by Crippen LogP contribution is -2.09. The van der Waals surface area contributed by atoms with E-state index in [9.17, 15) is 0 Å². The van der Waals surface area contributed by atoms with Crippen molar-refractivity contribution in [2.75, 3.05) is 4.90 Å². The van der Waals surface area contributed by atoms with Gasteiger partial charge in [-0.1, -0.05) is 97.1 Å². The molecular formula is C40H31NO. The first-order valence-electron chi connectivity index (χ1n) is 14.9. The average Bonchev–Trinajstić information content (AvgIpc) is 3.46. The first kappa shape index (κ1) is 24.7. The average molecular weight is 542 g/mol. The maximum Gasteiger partial charge on any atom is 0.143 e. The molecule has 1 aromatic heterocycles. The number of allylic oxidation sites excluding steroid dienone is 5. The van der Waals surface area contributed by atoms with E-state index in [4.69, 9.17) is 4.42 Å². The first-order valence-corrected chi connectivity index (χ1v) is 14.9. The van der Waals surface area contributed by atoms with Crippen LogP contribution < -0.4 is 4.90 Å². The minimum absolute atomic E-state index is 0.950. The number of benzene rings is 5. The molecule has 5 aromatic carbocycles. The molecule has 0 aliphatic heterocycles. The van der Waals surface area contributed by atoms with E-state index >= 15 is 0 Å². The van der Waals surface area contributed by atoms with E-state index in [1.54, 1.807) is 0 Å². The summed E-state index contributed by atoms with van der Waals surface area (Å²) in [4.78, 5) is 2.32. The van der Waals surface area contributed by atoms with Gasteiger partial charge in [-0.3, -0.25) is 0 Å². The van der Waals surface area contributed by atoms with Crippen molar-refractivity contribution in [3.05, 3.63) is 150 Å². The maximum atomic E-state index is 6.59. The molecule has 6 aromatic rings. The Kier molecular flexibility index (Phi) is 6.11. The normalized spacial score (nSPS) is 14.2. The van der Waals surface area contributed by atoms with Gasteiger partial charge in [0.15, 0.2) is 0 Å². The fourth-order valence-electron chi connectivity index (χ4n) is 6.46. The van der Waals surface area contributed by atoms with Crippen LogP contribution in [0.15, 0.2) is 138 Å². The third-order valence-corrected chi connectivity index (χ3v) is 8.52. The van der Waals surface area contributed by atoms with Crippen LogP contribution in [0.4, 0.5) is 17.1 Å². The van der Waals surface area contributed by atoms with E-state index in [-0.39, 0.29) is 0 Å². The van der Waals surface area contributed by atoms with Gasteiger partial charge in [-0.25, -0.2) is 0 Å². The van der Waals surface area contributed by atoms with E-state index in [1.165, 1.54) is 32.9 Å². The standard InChI is InChI=1S/C40H31NO/c1-3-11-28(12-4-1)29-19-23-33(24-20-29)41(32-14-5-2-6-15-32)34-25-21-30(22-26-34)37-27-31-13-7-8-16-35(31)39-36-17-9-10-18-38(36)42-40(37)39/h2-3,5-9,11-17,19-27H,1,4,10,18H2. The summed E-state index contributed by atoms with van der Waals surface area (Å²) in [5.74, 6) is 1.10. The van der Waals surface area contributed by atoms with E-state index in [2.05, 4.69) is 144 Å². The Hall–Kier alpha value is -5.08. The molecule has 42 heavy (non-hydrogen) atoms. The fraction of sp³-hybridized carbons (Fsp3) is 0.100. The summed E-state index contributed by atoms with van der Waals surface area (Å²) in [7, 11) is 0. The number of hydrogen-bond donors (Lipinski definition) is 0. The number of para-hydroxylation sites is 1. The molecule has 2 heteroatoms. The predicted molar refractivity (Wildman–Crippen MR) is 178 cm³/mol. The summed E-state index contributed by atoms with van der Waals surface area (Å²) in [5, 5.41) is 3.72. The molecule has 202 valence electrons. The SMILES string of the molecule is C1=CC(c2ccc(N(c3ccccc3)c3ccc(-c4cc5ccccc5c5c6c(oc45)CCC=C6)cc3)cc2)=CCC1. The largest absolute Gasteiger partial charge is 0.460 e. The Morgan fingerprint density at radius 2 is 1.29 bits per heavy atom. The van der Waals surface area contributed by atoms with Gasteiger partial charge in [0.05, 0.1) is 0 Å². The molecule has 0 fully saturated rings. The number of rotatable bonds is 5. The lowest BCUT2D eigenvalue weighted by atomic mass is 9.94. The maximum absolute atomic E-state index is 6.59. The highest BCUT2D eigenvalue weighted by atomic mass is 16.3. The number of furan rings is 1. The summed E-state index contributed by atoms with van der Waals surface area (Å²) in [6.45, 7) is 0. The molecule has 0 saturated heterocycles. The van der Waals surface area contributed by atoms with Crippen LogP contribution in [0.2, 0.25) is 0 Å². The molecule has 0 spiro atoms. The van der Waals surface area contributed by atoms with Gasteiger partial charge in [-0.15, -0.1) is 0 Å². The first-order chi connectivity index (χ1) is 20.8. The van der Waals surface area contributed by atoms with Crippen molar-refractivity contribution in [2.24, 2.45) is 0 Å². The molecule has 8 rings (SSSR count). The highest BCUT2D eigenvalue weighted by molar-refractivity contribution is 6.15. The summed E-state index contributed by atoms with van der Waals surface area (Å²) in [6, 6.07) is 39.4. The summed E-state index contributed by atoms with van der Waals surface area (Å²) >= 11 is 0. The number of nitrogens with zero attached hydrogens (tertiary/aromatic N) is 1. The molecule has 0 N–H and O–H groups in total. The Morgan fingerprint density at radius 3 is 2.05 bits per heavy atom. The number of anilines is 3. The Balaban J connectivity index is 1.22. The minimum Gasteiger partial charge on any atom is -0.460 e. The Labute approximate surface area is 246 Å². The highest BCUT2D eigenvalue weighted by Crippen LogP contribution is 2.43. The van der Waals surface area contributed by atoms with Crippen molar-refractivity contribution < 1.29 is 4.42 Å². The zero-order valence-electron chi connectivity index (χ0n) is 23.5. The van der Waals surface area contributed by atoms with Crippen LogP contribution in [0.5, 0.6) is 0 Å². The molecule has 0 bridgehead atoms. The van der Waals surface area contributed by atoms with E-state index in [0.717, 1.165) is 65.2 Å². The van der Waals surface area contributed by atoms with Crippen molar-refractivity contribution in [1.29, 1.82) is 0 Å². The molecule has 0 amide bonds. The Bertz CT molecular complexity index is 2010. The topological polar surface area (TPSA) is 16.4 Å². The molecule has 2 nitrogen and oxygen atoms in total. The van der Waals surface area contributed by atoms with Crippen LogP contribution in [0.3, 0.4) is 0 Å². The molecule has 0 unspecified atom stereocenters. The molecule has 1 heterocycles. The molecular weight excluding hydrogens is 510 g/mol. The zero-order chi connectivity index (χ0) is 27.9. The van der Waals surface area contributed by atoms with Crippen molar-refractivity contribution in [2.45, 2.75) is 25.7 Å². The smallest absolute Gasteiger partial charge is 0.143 e. The second-order valence-electron chi connectivity index (χ2n) is 11.1. The van der Waals surface area contributed by atoms with E-state index < -0.39 is 0 Å². The molecule has 0 atom stereocenters. The third kappa shape index (κ3) is 4.28. The van der Waals surface area contributed by atoms with Crippen LogP contribution in [0.25, 0.3) is 44.5 Å². The highest BCUT2D eigenvalue weighted by Gasteiger charge is 2.21. The second-order valence-corrected chi connectivity index (χ2v) is 11.1. The molecule has 2 aliphatic carbocycles. The second kappa shape index (κ2) is 10.4. The van der Waals surface area contributed by atoms with Gasteiger partial charge < -0.3 is 9.32 Å². The van der Waals surface area contributed by atoms with E-state index in [1.807, 2.05) is 0 Å². The van der Waals surface area contributed by atoms with Crippen molar-refractivity contribution in [3.63, 3.8) is 0 Å². The summed E-state index contributed by atoms with van der Waals surface area (Å²) in [5.41, 5.74) is 10.5. The monoisotopic (exact) mass is 541 g/mol. The molecule has 0 radical (unpaired) electrons. The van der Waals surface area contributed by atoms with Crippen LogP contribution in [0, 0.1) is 0 Å². The van der Waals surface area contributed by atoms with Gasteiger partial charge >= 0.3 is 0 Å². The van der Waals surface area contributed by atoms with Gasteiger partial charge in [0, 0.05) is 40.0 Å². The van der Waals surface area contributed by atoms with Crippen molar-refractivity contribution in [3.8, 4) is 11.1 Å². The zero-order valence-corrected chi connectivity index (χ0v) is 23.5. The van der Waals surface area contributed by atoms with Gasteiger partial charge in [-0.2, -0.15) is 0 Å². The van der Waals surface area contributed by atoms with Gasteiger partial charge in [0.25, 0.3) is 0 Å². The molecule has 2 aliphatic rings. The lowest BCUT2D eigenvalue weighted by molar-refractivity contribution is 0.547. The summed E-state index contributed by atoms with van der Waals surface area (Å²) < 4.78 is 6.59. The number of hydrogen-bond acceptors (Lipinski definition) is 2. The summed E-state index contributed by atoms with van der Waals surface area (Å²) in [6.07, 6.45) is 15.6. The van der Waals surface area contributed by atoms with Crippen LogP contribution >= 0.6 is 0 Å². The van der Waals surface area contributed by atoms with Gasteiger partial charge in [0.2, 0.25) is 0 Å². The number of fused-ring (bicyclic) bond motifs is 5. The van der Waals surface area contributed by atoms with Crippen LogP contribution in [-0.4, -0.2) is 0 Å². The van der Waals surface area contributed by atoms with Crippen LogP contribution in [-0.2, 0) is 6.42 Å². The van der Waals surface area contributed by atoms with Crippen molar-refractivity contribution in [1.82, 2.24) is 0 Å². The van der Waals surface area contributed by atoms with Gasteiger partial charge in [0.1, 0.15) is 11.3 Å². The quantitative estimate of drug-likeness (QED) is 0.216.